The van der Waals surface area contributed by atoms with Gasteiger partial charge in [-0.1, -0.05) is 0 Å². The third-order valence-corrected chi connectivity index (χ3v) is 3.20. The van der Waals surface area contributed by atoms with Crippen LogP contribution in [0.5, 0.6) is 0 Å². The summed E-state index contributed by atoms with van der Waals surface area (Å²) in [5.74, 6) is -1.04. The molecule has 0 aliphatic carbocycles. The van der Waals surface area contributed by atoms with E-state index in [0.717, 1.165) is 17.7 Å². The van der Waals surface area contributed by atoms with E-state index in [2.05, 4.69) is 5.32 Å². The standard InChI is InChI=1S/C15H16F2N2O2/c1-7-4-11(9(3)21-7)8(2)19-15(20)12-5-10(16)6-13(18)14(12)17/h4-6,8H,18H2,1-3H3,(H,19,20). The van der Waals surface area contributed by atoms with Gasteiger partial charge < -0.3 is 15.5 Å². The molecule has 1 aromatic carbocycles. The molecule has 2 rings (SSSR count). The number of hydrogen-bond acceptors (Lipinski definition) is 3. The minimum Gasteiger partial charge on any atom is -0.466 e. The number of aryl methyl sites for hydroxylation is 2. The summed E-state index contributed by atoms with van der Waals surface area (Å²) in [6, 6.07) is 3.04. The molecule has 0 aliphatic heterocycles. The number of carbonyl (C=O) groups excluding carboxylic acids is 1. The molecule has 0 radical (unpaired) electrons. The van der Waals surface area contributed by atoms with E-state index < -0.39 is 34.8 Å². The first-order valence-electron chi connectivity index (χ1n) is 6.42. The van der Waals surface area contributed by atoms with Crippen LogP contribution in [-0.2, 0) is 0 Å². The monoisotopic (exact) mass is 294 g/mol. The number of hydrogen-bond donors (Lipinski definition) is 2. The van der Waals surface area contributed by atoms with Crippen molar-refractivity contribution in [2.75, 3.05) is 5.73 Å². The maximum Gasteiger partial charge on any atom is 0.254 e. The minimum absolute atomic E-state index is 0.400. The number of rotatable bonds is 3. The van der Waals surface area contributed by atoms with Crippen molar-refractivity contribution in [1.82, 2.24) is 5.32 Å². The lowest BCUT2D eigenvalue weighted by Crippen LogP contribution is -2.28. The zero-order chi connectivity index (χ0) is 15.7. The molecule has 112 valence electrons. The number of benzene rings is 1. The Kier molecular flexibility index (Phi) is 3.97. The zero-order valence-electron chi connectivity index (χ0n) is 12.0. The van der Waals surface area contributed by atoms with Crippen LogP contribution in [0.4, 0.5) is 14.5 Å². The summed E-state index contributed by atoms with van der Waals surface area (Å²) in [5, 5.41) is 2.60. The smallest absolute Gasteiger partial charge is 0.254 e. The predicted molar refractivity (Wildman–Crippen MR) is 74.8 cm³/mol. The van der Waals surface area contributed by atoms with Crippen LogP contribution < -0.4 is 11.1 Å². The molecule has 1 heterocycles. The van der Waals surface area contributed by atoms with Gasteiger partial charge in [0.2, 0.25) is 0 Å². The number of furan rings is 1. The predicted octanol–water partition coefficient (Wildman–Crippen LogP) is 3.25. The highest BCUT2D eigenvalue weighted by Gasteiger charge is 2.20. The fourth-order valence-electron chi connectivity index (χ4n) is 2.21. The lowest BCUT2D eigenvalue weighted by molar-refractivity contribution is 0.0935. The average molecular weight is 294 g/mol. The molecule has 3 N–H and O–H groups in total. The Balaban J connectivity index is 2.24. The number of carbonyl (C=O) groups is 1. The van der Waals surface area contributed by atoms with Gasteiger partial charge in [-0.05, 0) is 39.0 Å². The number of nitrogens with two attached hydrogens (primary N) is 1. The van der Waals surface area contributed by atoms with Crippen LogP contribution in [0, 0.1) is 25.5 Å². The lowest BCUT2D eigenvalue weighted by atomic mass is 10.1. The average Bonchev–Trinajstić information content (AvgIpc) is 2.72. The molecule has 4 nitrogen and oxygen atoms in total. The molecular weight excluding hydrogens is 278 g/mol. The van der Waals surface area contributed by atoms with Gasteiger partial charge in [0.1, 0.15) is 17.3 Å². The minimum atomic E-state index is -0.929. The van der Waals surface area contributed by atoms with Crippen LogP contribution in [0.3, 0.4) is 0 Å². The van der Waals surface area contributed by atoms with Crippen molar-refractivity contribution in [3.63, 3.8) is 0 Å². The summed E-state index contributed by atoms with van der Waals surface area (Å²) >= 11 is 0. The van der Waals surface area contributed by atoms with Crippen molar-refractivity contribution in [1.29, 1.82) is 0 Å². The number of nitrogen functional groups attached to an aromatic ring is 1. The van der Waals surface area contributed by atoms with Gasteiger partial charge in [-0.3, -0.25) is 4.79 Å². The van der Waals surface area contributed by atoms with Crippen molar-refractivity contribution in [2.24, 2.45) is 0 Å². The maximum absolute atomic E-state index is 13.8. The van der Waals surface area contributed by atoms with E-state index in [-0.39, 0.29) is 0 Å². The molecule has 2 aromatic rings. The van der Waals surface area contributed by atoms with Crippen molar-refractivity contribution < 1.29 is 18.0 Å². The Labute approximate surface area is 120 Å². The van der Waals surface area contributed by atoms with E-state index in [0.29, 0.717) is 11.5 Å². The topological polar surface area (TPSA) is 68.3 Å². The second-order valence-corrected chi connectivity index (χ2v) is 4.92. The number of halogens is 2. The SMILES string of the molecule is Cc1cc(C(C)NC(=O)c2cc(F)cc(N)c2F)c(C)o1. The van der Waals surface area contributed by atoms with Gasteiger partial charge in [-0.15, -0.1) is 0 Å². The molecule has 1 atom stereocenters. The van der Waals surface area contributed by atoms with Crippen LogP contribution in [0.2, 0.25) is 0 Å². The molecule has 0 fully saturated rings. The van der Waals surface area contributed by atoms with Crippen LogP contribution >= 0.6 is 0 Å². The van der Waals surface area contributed by atoms with Gasteiger partial charge in [-0.25, -0.2) is 8.78 Å². The quantitative estimate of drug-likeness (QED) is 0.854. The van der Waals surface area contributed by atoms with Gasteiger partial charge in [0, 0.05) is 5.56 Å². The van der Waals surface area contributed by atoms with Gasteiger partial charge in [0.05, 0.1) is 17.3 Å². The van der Waals surface area contributed by atoms with Crippen molar-refractivity contribution in [2.45, 2.75) is 26.8 Å². The van der Waals surface area contributed by atoms with Crippen LogP contribution in [0.1, 0.15) is 40.4 Å². The molecular formula is C15H16F2N2O2. The summed E-state index contributed by atoms with van der Waals surface area (Å²) in [5.41, 5.74) is 5.28. The van der Waals surface area contributed by atoms with E-state index >= 15 is 0 Å². The second-order valence-electron chi connectivity index (χ2n) is 4.92. The van der Waals surface area contributed by atoms with E-state index in [1.165, 1.54) is 0 Å². The molecule has 1 aromatic heterocycles. The molecule has 0 aliphatic rings. The van der Waals surface area contributed by atoms with Crippen molar-refractivity contribution >= 4 is 11.6 Å². The van der Waals surface area contributed by atoms with Crippen molar-refractivity contribution in [3.8, 4) is 0 Å². The molecule has 6 heteroatoms. The van der Waals surface area contributed by atoms with Gasteiger partial charge >= 0.3 is 0 Å². The third kappa shape index (κ3) is 3.04. The number of anilines is 1. The zero-order valence-corrected chi connectivity index (χ0v) is 12.0. The van der Waals surface area contributed by atoms with Crippen LogP contribution in [0.15, 0.2) is 22.6 Å². The largest absolute Gasteiger partial charge is 0.466 e. The molecule has 0 spiro atoms. The van der Waals surface area contributed by atoms with E-state index in [4.69, 9.17) is 10.2 Å². The highest BCUT2D eigenvalue weighted by atomic mass is 19.1. The Morgan fingerprint density at radius 1 is 1.29 bits per heavy atom. The lowest BCUT2D eigenvalue weighted by Gasteiger charge is -2.14. The summed E-state index contributed by atoms with van der Waals surface area (Å²) < 4.78 is 32.4. The fraction of sp³-hybridized carbons (Fsp3) is 0.267. The molecule has 1 amide bonds. The second kappa shape index (κ2) is 5.55. The molecule has 0 bridgehead atoms. The third-order valence-electron chi connectivity index (χ3n) is 3.20. The Morgan fingerprint density at radius 3 is 2.52 bits per heavy atom. The number of nitrogens with one attached hydrogen (secondary N) is 1. The Hall–Kier alpha value is -2.37. The van der Waals surface area contributed by atoms with Crippen LogP contribution in [-0.4, -0.2) is 5.91 Å². The van der Waals surface area contributed by atoms with Gasteiger partial charge in [0.15, 0.2) is 5.82 Å². The highest BCUT2D eigenvalue weighted by Crippen LogP contribution is 2.23. The highest BCUT2D eigenvalue weighted by molar-refractivity contribution is 5.95. The molecule has 0 saturated heterocycles. The molecule has 21 heavy (non-hydrogen) atoms. The fourth-order valence-corrected chi connectivity index (χ4v) is 2.21. The van der Waals surface area contributed by atoms with E-state index in [1.54, 1.807) is 26.8 Å². The van der Waals surface area contributed by atoms with Crippen LogP contribution in [0.25, 0.3) is 0 Å². The molecule has 0 saturated carbocycles. The Morgan fingerprint density at radius 2 is 1.95 bits per heavy atom. The van der Waals surface area contributed by atoms with Gasteiger partial charge in [-0.2, -0.15) is 0 Å². The first-order chi connectivity index (χ1) is 9.79. The summed E-state index contributed by atoms with van der Waals surface area (Å²) in [4.78, 5) is 12.1. The van der Waals surface area contributed by atoms with Gasteiger partial charge in [0.25, 0.3) is 5.91 Å². The summed E-state index contributed by atoms with van der Waals surface area (Å²) in [6.45, 7) is 5.29. The van der Waals surface area contributed by atoms with E-state index in [1.807, 2.05) is 0 Å². The first-order valence-corrected chi connectivity index (χ1v) is 6.42. The normalized spacial score (nSPS) is 12.2. The van der Waals surface area contributed by atoms with E-state index in [9.17, 15) is 13.6 Å². The summed E-state index contributed by atoms with van der Waals surface area (Å²) in [7, 11) is 0. The molecule has 1 unspecified atom stereocenters. The maximum atomic E-state index is 13.8. The Bertz CT molecular complexity index is 695. The number of amides is 1. The van der Waals surface area contributed by atoms with Crippen molar-refractivity contribution in [3.05, 3.63) is 52.5 Å². The summed E-state index contributed by atoms with van der Waals surface area (Å²) in [6.07, 6.45) is 0. The first kappa shape index (κ1) is 15.0.